The van der Waals surface area contributed by atoms with E-state index in [1.165, 1.54) is 38.5 Å². The molecule has 0 radical (unpaired) electrons. The number of hydrogen-bond acceptors (Lipinski definition) is 8. The summed E-state index contributed by atoms with van der Waals surface area (Å²) in [4.78, 5) is 34.9. The molecule has 0 aromatic carbocycles. The monoisotopic (exact) mass is 663 g/mol. The number of carbonyl (C=O) groups excluding carboxylic acids is 2. The quantitative estimate of drug-likeness (QED) is 0.147. The molecule has 1 amide bonds. The van der Waals surface area contributed by atoms with Gasteiger partial charge in [-0.15, -0.1) is 0 Å². The summed E-state index contributed by atoms with van der Waals surface area (Å²) in [7, 11) is 0. The molecular weight excluding hydrogens is 606 g/mol. The first-order valence-electron chi connectivity index (χ1n) is 17.9. The van der Waals surface area contributed by atoms with Crippen LogP contribution in [0.15, 0.2) is 72.5 Å². The van der Waals surface area contributed by atoms with Crippen LogP contribution in [0.5, 0.6) is 0 Å². The number of pyridine rings is 1. The average Bonchev–Trinajstić information content (AvgIpc) is 3.37. The van der Waals surface area contributed by atoms with Crippen molar-refractivity contribution in [1.82, 2.24) is 14.8 Å². The maximum atomic E-state index is 13.4. The van der Waals surface area contributed by atoms with Crippen LogP contribution in [0.1, 0.15) is 97.1 Å². The Hall–Kier alpha value is -3.27. The molecule has 3 aliphatic rings. The van der Waals surface area contributed by atoms with Gasteiger partial charge in [-0.25, -0.2) is 4.79 Å². The van der Waals surface area contributed by atoms with Crippen molar-refractivity contribution in [3.8, 4) is 0 Å². The lowest BCUT2D eigenvalue weighted by Gasteiger charge is -2.40. The molecule has 2 aliphatic heterocycles. The minimum absolute atomic E-state index is 0.146. The molecule has 1 aliphatic carbocycles. The SMILES string of the molecule is C\C(=C/C=C/C=C/[C@@H](C)c1ccccn1)C1OC(=O)C[C@H](O)CC[C@@](C)(O)[C@@H](OC(=O)N2CCN(C3CCCCCC3)CC2)/C=C/[C@@H]1C. The molecule has 1 aromatic heterocycles. The summed E-state index contributed by atoms with van der Waals surface area (Å²) < 4.78 is 11.9. The van der Waals surface area contributed by atoms with Crippen LogP contribution < -0.4 is 0 Å². The normalized spacial score (nSPS) is 30.7. The fourth-order valence-corrected chi connectivity index (χ4v) is 6.87. The van der Waals surface area contributed by atoms with Crippen LogP contribution in [0, 0.1) is 5.92 Å². The summed E-state index contributed by atoms with van der Waals surface area (Å²) >= 11 is 0. The molecule has 1 unspecified atom stereocenters. The number of rotatable bonds is 7. The molecule has 2 fully saturated rings. The minimum atomic E-state index is -1.44. The molecule has 0 bridgehead atoms. The molecule has 6 atom stereocenters. The van der Waals surface area contributed by atoms with Gasteiger partial charge in [0.1, 0.15) is 11.7 Å². The van der Waals surface area contributed by atoms with Crippen molar-refractivity contribution < 1.29 is 29.3 Å². The number of aliphatic hydroxyl groups excluding tert-OH is 1. The van der Waals surface area contributed by atoms with Crippen molar-refractivity contribution >= 4 is 12.1 Å². The van der Waals surface area contributed by atoms with Gasteiger partial charge < -0.3 is 24.6 Å². The summed E-state index contributed by atoms with van der Waals surface area (Å²) in [5.74, 6) is -0.630. The Morgan fingerprint density at radius 3 is 2.48 bits per heavy atom. The van der Waals surface area contributed by atoms with Crippen molar-refractivity contribution in [2.75, 3.05) is 26.2 Å². The van der Waals surface area contributed by atoms with E-state index in [2.05, 4.69) is 22.9 Å². The van der Waals surface area contributed by atoms with Crippen molar-refractivity contribution in [3.63, 3.8) is 0 Å². The van der Waals surface area contributed by atoms with Crippen LogP contribution >= 0.6 is 0 Å². The van der Waals surface area contributed by atoms with E-state index < -0.39 is 36.0 Å². The highest BCUT2D eigenvalue weighted by molar-refractivity contribution is 5.70. The number of nitrogens with zero attached hydrogens (tertiary/aromatic N) is 3. The second kappa shape index (κ2) is 18.5. The van der Waals surface area contributed by atoms with Gasteiger partial charge in [-0.05, 0) is 63.3 Å². The summed E-state index contributed by atoms with van der Waals surface area (Å²) in [5, 5.41) is 22.2. The third-order valence-electron chi connectivity index (χ3n) is 10.0. The summed E-state index contributed by atoms with van der Waals surface area (Å²) in [6.45, 7) is 10.4. The predicted octanol–water partition coefficient (Wildman–Crippen LogP) is 6.49. The Morgan fingerprint density at radius 2 is 1.79 bits per heavy atom. The summed E-state index contributed by atoms with van der Waals surface area (Å²) in [6.07, 6.45) is 19.9. The van der Waals surface area contributed by atoms with E-state index in [9.17, 15) is 19.8 Å². The lowest BCUT2D eigenvalue weighted by Crippen LogP contribution is -2.53. The topological polar surface area (TPSA) is 112 Å². The fourth-order valence-electron chi connectivity index (χ4n) is 6.87. The number of cyclic esters (lactones) is 1. The van der Waals surface area contributed by atoms with Crippen molar-refractivity contribution in [2.45, 2.75) is 121 Å². The number of hydrogen-bond donors (Lipinski definition) is 2. The number of amides is 1. The largest absolute Gasteiger partial charge is 0.457 e. The molecule has 1 saturated carbocycles. The molecule has 3 heterocycles. The molecule has 48 heavy (non-hydrogen) atoms. The first-order valence-corrected chi connectivity index (χ1v) is 17.9. The van der Waals surface area contributed by atoms with E-state index in [4.69, 9.17) is 9.47 Å². The number of ether oxygens (including phenoxy) is 2. The first-order chi connectivity index (χ1) is 23.0. The highest BCUT2D eigenvalue weighted by Gasteiger charge is 2.37. The Bertz CT molecular complexity index is 1280. The van der Waals surface area contributed by atoms with E-state index in [-0.39, 0.29) is 31.1 Å². The lowest BCUT2D eigenvalue weighted by molar-refractivity contribution is -0.151. The van der Waals surface area contributed by atoms with E-state index >= 15 is 0 Å². The second-order valence-corrected chi connectivity index (χ2v) is 14.1. The molecule has 1 saturated heterocycles. The molecule has 0 spiro atoms. The van der Waals surface area contributed by atoms with Gasteiger partial charge >= 0.3 is 12.1 Å². The number of carbonyl (C=O) groups is 2. The number of aromatic nitrogens is 1. The highest BCUT2D eigenvalue weighted by atomic mass is 16.6. The molecule has 2 N–H and O–H groups in total. The van der Waals surface area contributed by atoms with Crippen LogP contribution in [0.2, 0.25) is 0 Å². The number of allylic oxidation sites excluding steroid dienone is 5. The van der Waals surface area contributed by atoms with Gasteiger partial charge in [0.15, 0.2) is 6.10 Å². The van der Waals surface area contributed by atoms with Crippen molar-refractivity contribution in [3.05, 3.63) is 78.2 Å². The van der Waals surface area contributed by atoms with Crippen LogP contribution in [0.25, 0.3) is 0 Å². The standard InChI is InChI=1S/C39H57N3O6/c1-29(34-18-12-13-23-40-34)14-8-7-9-15-30(2)37-31(3)19-20-35(39(4,46)22-21-33(43)28-36(44)48-37)47-38(45)42-26-24-41(25-27-42)32-16-10-5-6-11-17-32/h7-9,12-15,18-20,23,29,31-33,35,37,43,46H,5-6,10-11,16-17,21-22,24-28H2,1-4H3/b9-7+,14-8+,20-19+,30-15+/t29-,31+,33-,35+,37?,39-/m1/s1. The Morgan fingerprint density at radius 1 is 1.06 bits per heavy atom. The lowest BCUT2D eigenvalue weighted by atomic mass is 9.89. The molecule has 4 rings (SSSR count). The number of esters is 1. The Balaban J connectivity index is 1.43. The van der Waals surface area contributed by atoms with E-state index in [1.54, 1.807) is 24.1 Å². The molecule has 1 aromatic rings. The molecule has 9 heteroatoms. The zero-order valence-corrected chi connectivity index (χ0v) is 29.4. The number of piperazine rings is 1. The number of aliphatic hydroxyl groups is 2. The van der Waals surface area contributed by atoms with Crippen LogP contribution in [-0.4, -0.2) is 93.2 Å². The summed E-state index contributed by atoms with van der Waals surface area (Å²) in [6, 6.07) is 6.47. The van der Waals surface area contributed by atoms with Gasteiger partial charge in [0.25, 0.3) is 0 Å². The third-order valence-corrected chi connectivity index (χ3v) is 10.0. The maximum Gasteiger partial charge on any atom is 0.410 e. The second-order valence-electron chi connectivity index (χ2n) is 14.1. The smallest absolute Gasteiger partial charge is 0.410 e. The van der Waals surface area contributed by atoms with Gasteiger partial charge in [0.05, 0.1) is 12.5 Å². The fraction of sp³-hybridized carbons (Fsp3) is 0.615. The van der Waals surface area contributed by atoms with Crippen LogP contribution in [0.4, 0.5) is 4.79 Å². The van der Waals surface area contributed by atoms with E-state index in [1.807, 2.05) is 62.4 Å². The van der Waals surface area contributed by atoms with Gasteiger partial charge in [-0.1, -0.05) is 82.1 Å². The van der Waals surface area contributed by atoms with E-state index in [0.717, 1.165) is 24.4 Å². The van der Waals surface area contributed by atoms with Crippen molar-refractivity contribution in [1.29, 1.82) is 0 Å². The van der Waals surface area contributed by atoms with Crippen LogP contribution in [-0.2, 0) is 14.3 Å². The Labute approximate surface area is 287 Å². The zero-order valence-electron chi connectivity index (χ0n) is 29.4. The Kier molecular flexibility index (Phi) is 14.5. The molecular formula is C39H57N3O6. The van der Waals surface area contributed by atoms with Crippen LogP contribution in [0.3, 0.4) is 0 Å². The highest BCUT2D eigenvalue weighted by Crippen LogP contribution is 2.28. The summed E-state index contributed by atoms with van der Waals surface area (Å²) in [5.41, 5.74) is 0.369. The zero-order chi connectivity index (χ0) is 34.5. The predicted molar refractivity (Wildman–Crippen MR) is 188 cm³/mol. The molecule has 264 valence electrons. The molecule has 9 nitrogen and oxygen atoms in total. The van der Waals surface area contributed by atoms with Crippen molar-refractivity contribution in [2.24, 2.45) is 5.92 Å². The van der Waals surface area contributed by atoms with Gasteiger partial charge in [0, 0.05) is 55.9 Å². The minimum Gasteiger partial charge on any atom is -0.457 e. The third kappa shape index (κ3) is 11.4. The van der Waals surface area contributed by atoms with Gasteiger partial charge in [-0.2, -0.15) is 0 Å². The van der Waals surface area contributed by atoms with Gasteiger partial charge in [-0.3, -0.25) is 14.7 Å². The average molecular weight is 664 g/mol. The van der Waals surface area contributed by atoms with Gasteiger partial charge in [0.2, 0.25) is 0 Å². The maximum absolute atomic E-state index is 13.4. The van der Waals surface area contributed by atoms with E-state index in [0.29, 0.717) is 19.1 Å². The first kappa shape index (κ1) is 37.5.